The normalized spacial score (nSPS) is 13.0. The molecule has 0 aliphatic heterocycles. The van der Waals surface area contributed by atoms with Crippen molar-refractivity contribution in [3.05, 3.63) is 52.5 Å². The van der Waals surface area contributed by atoms with E-state index in [1.165, 1.54) is 0 Å². The van der Waals surface area contributed by atoms with E-state index >= 15 is 0 Å². The first kappa shape index (κ1) is 14.1. The fraction of sp³-hybridized carbons (Fsp3) is 0.267. The summed E-state index contributed by atoms with van der Waals surface area (Å²) in [4.78, 5) is 0. The van der Waals surface area contributed by atoms with Crippen LogP contribution < -0.4 is 11.3 Å². The molecular weight excluding hydrogens is 288 g/mol. The standard InChI is InChI=1S/C15H17ClN4O/c1-3-12-10(8-20(2)19-12)14(18-17)13-7-9-5-4-6-11(16)15(9)21-13/h4-8,14,18H,3,17H2,1-2H3. The van der Waals surface area contributed by atoms with Crippen molar-refractivity contribution < 1.29 is 4.42 Å². The predicted octanol–water partition coefficient (Wildman–Crippen LogP) is 2.93. The Morgan fingerprint density at radius 2 is 2.29 bits per heavy atom. The van der Waals surface area contributed by atoms with Crippen LogP contribution in [0.4, 0.5) is 0 Å². The molecule has 6 heteroatoms. The van der Waals surface area contributed by atoms with Gasteiger partial charge in [0.05, 0.1) is 10.7 Å². The predicted molar refractivity (Wildman–Crippen MR) is 83.0 cm³/mol. The molecule has 0 aliphatic carbocycles. The Kier molecular flexibility index (Phi) is 3.71. The molecule has 3 rings (SSSR count). The molecule has 0 spiro atoms. The topological polar surface area (TPSA) is 69.0 Å². The van der Waals surface area contributed by atoms with E-state index in [1.807, 2.05) is 37.5 Å². The molecule has 21 heavy (non-hydrogen) atoms. The van der Waals surface area contributed by atoms with E-state index < -0.39 is 0 Å². The van der Waals surface area contributed by atoms with Crippen LogP contribution in [0.15, 0.2) is 34.9 Å². The van der Waals surface area contributed by atoms with Gasteiger partial charge in [0.1, 0.15) is 11.8 Å². The number of nitrogens with zero attached hydrogens (tertiary/aromatic N) is 2. The van der Waals surface area contributed by atoms with Crippen molar-refractivity contribution in [2.45, 2.75) is 19.4 Å². The minimum Gasteiger partial charge on any atom is -0.457 e. The molecule has 110 valence electrons. The maximum absolute atomic E-state index is 6.17. The summed E-state index contributed by atoms with van der Waals surface area (Å²) in [6.07, 6.45) is 2.79. The maximum Gasteiger partial charge on any atom is 0.152 e. The van der Waals surface area contributed by atoms with Crippen LogP contribution >= 0.6 is 11.6 Å². The molecule has 1 atom stereocenters. The minimum atomic E-state index is -0.253. The Hall–Kier alpha value is -1.82. The molecule has 2 aromatic heterocycles. The highest BCUT2D eigenvalue weighted by Gasteiger charge is 2.22. The summed E-state index contributed by atoms with van der Waals surface area (Å²) < 4.78 is 7.69. The maximum atomic E-state index is 6.17. The van der Waals surface area contributed by atoms with E-state index in [0.29, 0.717) is 10.6 Å². The number of benzene rings is 1. The average molecular weight is 305 g/mol. The summed E-state index contributed by atoms with van der Waals surface area (Å²) in [6.45, 7) is 2.06. The van der Waals surface area contributed by atoms with Crippen molar-refractivity contribution in [3.8, 4) is 0 Å². The Labute approximate surface area is 127 Å². The number of para-hydroxylation sites is 1. The van der Waals surface area contributed by atoms with E-state index in [4.69, 9.17) is 21.9 Å². The van der Waals surface area contributed by atoms with Gasteiger partial charge in [-0.2, -0.15) is 5.10 Å². The highest BCUT2D eigenvalue weighted by Crippen LogP contribution is 2.32. The summed E-state index contributed by atoms with van der Waals surface area (Å²) in [5.41, 5.74) is 5.49. The van der Waals surface area contributed by atoms with Crippen LogP contribution in [-0.4, -0.2) is 9.78 Å². The largest absolute Gasteiger partial charge is 0.457 e. The molecule has 0 radical (unpaired) electrons. The zero-order valence-electron chi connectivity index (χ0n) is 11.9. The molecule has 0 amide bonds. The van der Waals surface area contributed by atoms with Crippen LogP contribution in [0.1, 0.15) is 30.0 Å². The number of nitrogens with two attached hydrogens (primary N) is 1. The Morgan fingerprint density at radius 3 is 2.95 bits per heavy atom. The first-order valence-corrected chi connectivity index (χ1v) is 7.18. The van der Waals surface area contributed by atoms with Gasteiger partial charge in [-0.25, -0.2) is 5.43 Å². The number of aromatic nitrogens is 2. The van der Waals surface area contributed by atoms with Gasteiger partial charge in [0, 0.05) is 24.2 Å². The van der Waals surface area contributed by atoms with Crippen LogP contribution in [0, 0.1) is 0 Å². The van der Waals surface area contributed by atoms with E-state index in [2.05, 4.69) is 17.4 Å². The highest BCUT2D eigenvalue weighted by molar-refractivity contribution is 6.34. The number of hydrazine groups is 1. The van der Waals surface area contributed by atoms with Crippen LogP contribution in [0.25, 0.3) is 11.0 Å². The second-order valence-electron chi connectivity index (χ2n) is 4.96. The molecule has 0 saturated heterocycles. The Bertz CT molecular complexity index is 777. The van der Waals surface area contributed by atoms with E-state index in [1.54, 1.807) is 4.68 Å². The van der Waals surface area contributed by atoms with Crippen molar-refractivity contribution >= 4 is 22.6 Å². The quantitative estimate of drug-likeness (QED) is 0.574. The summed E-state index contributed by atoms with van der Waals surface area (Å²) in [6, 6.07) is 7.38. The van der Waals surface area contributed by atoms with Crippen LogP contribution in [0.2, 0.25) is 5.02 Å². The van der Waals surface area contributed by atoms with Crippen molar-refractivity contribution in [1.82, 2.24) is 15.2 Å². The van der Waals surface area contributed by atoms with Crippen LogP contribution in [0.3, 0.4) is 0 Å². The first-order valence-electron chi connectivity index (χ1n) is 6.80. The third-order valence-electron chi connectivity index (χ3n) is 3.55. The molecule has 0 fully saturated rings. The Morgan fingerprint density at radius 1 is 1.48 bits per heavy atom. The lowest BCUT2D eigenvalue weighted by Gasteiger charge is -2.12. The van der Waals surface area contributed by atoms with E-state index in [9.17, 15) is 0 Å². The summed E-state index contributed by atoms with van der Waals surface area (Å²) >= 11 is 6.17. The van der Waals surface area contributed by atoms with Crippen molar-refractivity contribution in [2.24, 2.45) is 12.9 Å². The second kappa shape index (κ2) is 5.52. The van der Waals surface area contributed by atoms with Gasteiger partial charge >= 0.3 is 0 Å². The zero-order chi connectivity index (χ0) is 15.0. The van der Waals surface area contributed by atoms with Gasteiger partial charge in [-0.15, -0.1) is 0 Å². The van der Waals surface area contributed by atoms with Gasteiger partial charge in [-0.1, -0.05) is 30.7 Å². The van der Waals surface area contributed by atoms with Gasteiger partial charge in [-0.05, 0) is 18.6 Å². The molecule has 3 aromatic rings. The van der Waals surface area contributed by atoms with Crippen molar-refractivity contribution in [2.75, 3.05) is 0 Å². The number of nitrogens with one attached hydrogen (secondary N) is 1. The fourth-order valence-corrected chi connectivity index (χ4v) is 2.80. The monoisotopic (exact) mass is 304 g/mol. The number of aryl methyl sites for hydroxylation is 2. The average Bonchev–Trinajstić information content (AvgIpc) is 3.04. The summed E-state index contributed by atoms with van der Waals surface area (Å²) in [5.74, 6) is 6.47. The van der Waals surface area contributed by atoms with Crippen LogP contribution in [0.5, 0.6) is 0 Å². The van der Waals surface area contributed by atoms with Crippen LogP contribution in [-0.2, 0) is 13.5 Å². The number of halogens is 1. The number of hydrogen-bond donors (Lipinski definition) is 2. The molecule has 2 heterocycles. The van der Waals surface area contributed by atoms with Gasteiger partial charge < -0.3 is 4.42 Å². The number of fused-ring (bicyclic) bond motifs is 1. The summed E-state index contributed by atoms with van der Waals surface area (Å²) in [5, 5.41) is 6.00. The Balaban J connectivity index is 2.11. The molecule has 3 N–H and O–H groups in total. The third kappa shape index (κ3) is 2.44. The molecule has 0 saturated carbocycles. The van der Waals surface area contributed by atoms with Gasteiger partial charge in [0.2, 0.25) is 0 Å². The number of furan rings is 1. The van der Waals surface area contributed by atoms with Crippen molar-refractivity contribution in [1.29, 1.82) is 0 Å². The smallest absolute Gasteiger partial charge is 0.152 e. The number of hydrogen-bond acceptors (Lipinski definition) is 4. The first-order chi connectivity index (χ1) is 10.1. The lowest BCUT2D eigenvalue weighted by molar-refractivity contribution is 0.475. The van der Waals surface area contributed by atoms with E-state index in [0.717, 1.165) is 28.8 Å². The van der Waals surface area contributed by atoms with Crippen molar-refractivity contribution in [3.63, 3.8) is 0 Å². The molecular formula is C15H17ClN4O. The molecule has 5 nitrogen and oxygen atoms in total. The summed E-state index contributed by atoms with van der Waals surface area (Å²) in [7, 11) is 1.89. The molecule has 1 unspecified atom stereocenters. The van der Waals surface area contributed by atoms with Gasteiger partial charge in [0.15, 0.2) is 5.58 Å². The van der Waals surface area contributed by atoms with Gasteiger partial charge in [0.25, 0.3) is 0 Å². The molecule has 0 bridgehead atoms. The SMILES string of the molecule is CCc1nn(C)cc1C(NN)c1cc2cccc(Cl)c2o1. The van der Waals surface area contributed by atoms with Gasteiger partial charge in [-0.3, -0.25) is 10.5 Å². The lowest BCUT2D eigenvalue weighted by Crippen LogP contribution is -2.29. The highest BCUT2D eigenvalue weighted by atomic mass is 35.5. The fourth-order valence-electron chi connectivity index (χ4n) is 2.58. The third-order valence-corrected chi connectivity index (χ3v) is 3.85. The van der Waals surface area contributed by atoms with E-state index in [-0.39, 0.29) is 6.04 Å². The molecule has 1 aromatic carbocycles. The zero-order valence-corrected chi connectivity index (χ0v) is 12.7. The molecule has 0 aliphatic rings. The lowest BCUT2D eigenvalue weighted by atomic mass is 10.0. The second-order valence-corrected chi connectivity index (χ2v) is 5.37. The number of rotatable bonds is 4. The minimum absolute atomic E-state index is 0.253.